The highest BCUT2D eigenvalue weighted by molar-refractivity contribution is 7.22. The zero-order valence-electron chi connectivity index (χ0n) is 13.8. The monoisotopic (exact) mass is 356 g/mol. The second-order valence-electron chi connectivity index (χ2n) is 7.45. The number of nitrogens with one attached hydrogen (secondary N) is 1. The zero-order chi connectivity index (χ0) is 17.6. The maximum Gasteiger partial charge on any atom is 0.229 e. The van der Waals surface area contributed by atoms with E-state index in [-0.39, 0.29) is 32.6 Å². The van der Waals surface area contributed by atoms with Gasteiger partial charge in [-0.05, 0) is 36.7 Å². The minimum atomic E-state index is -1.55. The van der Waals surface area contributed by atoms with E-state index in [9.17, 15) is 18.0 Å². The number of halogens is 3. The number of carbonyl (C=O) groups excluding carboxylic acids is 1. The molecule has 2 atom stereocenters. The Morgan fingerprint density at radius 2 is 2.00 bits per heavy atom. The van der Waals surface area contributed by atoms with E-state index >= 15 is 0 Å². The summed E-state index contributed by atoms with van der Waals surface area (Å²) < 4.78 is 40.5. The summed E-state index contributed by atoms with van der Waals surface area (Å²) in [4.78, 5) is 16.4. The van der Waals surface area contributed by atoms with Crippen LogP contribution < -0.4 is 5.32 Å². The van der Waals surface area contributed by atoms with E-state index < -0.39 is 17.5 Å². The lowest BCUT2D eigenvalue weighted by Crippen LogP contribution is -2.34. The van der Waals surface area contributed by atoms with Crippen LogP contribution in [0.4, 0.5) is 18.3 Å². The summed E-state index contributed by atoms with van der Waals surface area (Å²) in [6.45, 7) is 6.41. The molecule has 0 radical (unpaired) electrons. The van der Waals surface area contributed by atoms with E-state index in [4.69, 9.17) is 0 Å². The van der Waals surface area contributed by atoms with Gasteiger partial charge in [-0.15, -0.1) is 0 Å². The number of rotatable bonds is 2. The Morgan fingerprint density at radius 3 is 2.67 bits per heavy atom. The molecule has 1 aliphatic rings. The molecule has 3 rings (SSSR count). The third kappa shape index (κ3) is 3.27. The van der Waals surface area contributed by atoms with Crippen molar-refractivity contribution in [1.29, 1.82) is 0 Å². The maximum atomic E-state index is 13.7. The van der Waals surface area contributed by atoms with Crippen molar-refractivity contribution in [2.24, 2.45) is 17.3 Å². The molecule has 7 heteroatoms. The van der Waals surface area contributed by atoms with Crippen molar-refractivity contribution >= 4 is 32.6 Å². The van der Waals surface area contributed by atoms with Gasteiger partial charge in [-0.2, -0.15) is 0 Å². The second-order valence-corrected chi connectivity index (χ2v) is 8.48. The predicted molar refractivity (Wildman–Crippen MR) is 88.4 cm³/mol. The van der Waals surface area contributed by atoms with Crippen LogP contribution in [0.25, 0.3) is 10.2 Å². The molecular weight excluding hydrogens is 337 g/mol. The van der Waals surface area contributed by atoms with Gasteiger partial charge in [0.05, 0.1) is 4.70 Å². The molecule has 1 amide bonds. The molecule has 0 saturated heterocycles. The van der Waals surface area contributed by atoms with Crippen LogP contribution in [-0.4, -0.2) is 10.9 Å². The Hall–Kier alpha value is -1.63. The van der Waals surface area contributed by atoms with Crippen LogP contribution in [0.5, 0.6) is 0 Å². The Balaban J connectivity index is 1.82. The highest BCUT2D eigenvalue weighted by Crippen LogP contribution is 2.42. The van der Waals surface area contributed by atoms with Crippen LogP contribution in [0.15, 0.2) is 6.07 Å². The van der Waals surface area contributed by atoms with E-state index in [1.807, 2.05) is 0 Å². The molecule has 0 aliphatic heterocycles. The van der Waals surface area contributed by atoms with Gasteiger partial charge in [0.25, 0.3) is 0 Å². The van der Waals surface area contributed by atoms with Gasteiger partial charge < -0.3 is 5.32 Å². The Labute approximate surface area is 142 Å². The summed E-state index contributed by atoms with van der Waals surface area (Å²) in [6, 6.07) is 0.896. The highest BCUT2D eigenvalue weighted by atomic mass is 32.1. The summed E-state index contributed by atoms with van der Waals surface area (Å²) in [5, 5.41) is 2.84. The molecule has 1 aromatic carbocycles. The molecule has 24 heavy (non-hydrogen) atoms. The van der Waals surface area contributed by atoms with Crippen LogP contribution in [-0.2, 0) is 4.79 Å². The van der Waals surface area contributed by atoms with Crippen LogP contribution in [0.2, 0.25) is 0 Å². The van der Waals surface area contributed by atoms with E-state index in [1.54, 1.807) is 0 Å². The fourth-order valence-corrected chi connectivity index (χ4v) is 4.67. The van der Waals surface area contributed by atoms with Gasteiger partial charge in [-0.3, -0.25) is 4.79 Å². The van der Waals surface area contributed by atoms with Crippen molar-refractivity contribution in [2.75, 3.05) is 5.32 Å². The molecular formula is C17H19F3N2OS. The van der Waals surface area contributed by atoms with Crippen LogP contribution in [0, 0.1) is 34.7 Å². The molecule has 1 aliphatic carbocycles. The Kier molecular flexibility index (Phi) is 4.32. The molecule has 2 unspecified atom stereocenters. The molecule has 130 valence electrons. The standard InChI is InChI=1S/C17H19F3N2OS/c1-8-4-9(7-17(2,3)6-8)15(23)22-16-21-14-11(24-16)5-10(18)12(19)13(14)20/h5,8-9H,4,6-7H2,1-3H3,(H,21,22,23). The molecule has 1 heterocycles. The normalized spacial score (nSPS) is 23.4. The summed E-state index contributed by atoms with van der Waals surface area (Å²) >= 11 is 0.938. The first-order valence-corrected chi connectivity index (χ1v) is 8.73. The largest absolute Gasteiger partial charge is 0.302 e. The van der Waals surface area contributed by atoms with E-state index in [1.165, 1.54) is 0 Å². The van der Waals surface area contributed by atoms with Crippen molar-refractivity contribution in [3.63, 3.8) is 0 Å². The molecule has 1 fully saturated rings. The van der Waals surface area contributed by atoms with Crippen molar-refractivity contribution < 1.29 is 18.0 Å². The number of thiazole rings is 1. The smallest absolute Gasteiger partial charge is 0.229 e. The number of aromatic nitrogens is 1. The first-order valence-electron chi connectivity index (χ1n) is 7.91. The lowest BCUT2D eigenvalue weighted by atomic mass is 9.68. The van der Waals surface area contributed by atoms with Crippen molar-refractivity contribution in [1.82, 2.24) is 4.98 Å². The van der Waals surface area contributed by atoms with E-state index in [2.05, 4.69) is 31.1 Å². The average molecular weight is 356 g/mol. The summed E-state index contributed by atoms with van der Waals surface area (Å²) in [5.74, 6) is -4.00. The minimum Gasteiger partial charge on any atom is -0.302 e. The Bertz CT molecular complexity index is 803. The van der Waals surface area contributed by atoms with Crippen LogP contribution in [0.1, 0.15) is 40.0 Å². The number of anilines is 1. The first kappa shape index (κ1) is 17.2. The highest BCUT2D eigenvalue weighted by Gasteiger charge is 2.35. The number of amides is 1. The van der Waals surface area contributed by atoms with Gasteiger partial charge >= 0.3 is 0 Å². The van der Waals surface area contributed by atoms with Gasteiger partial charge in [0.15, 0.2) is 22.6 Å². The van der Waals surface area contributed by atoms with E-state index in [0.29, 0.717) is 5.92 Å². The minimum absolute atomic E-state index is 0.0889. The number of nitrogens with zero attached hydrogens (tertiary/aromatic N) is 1. The number of hydrogen-bond acceptors (Lipinski definition) is 3. The van der Waals surface area contributed by atoms with Gasteiger partial charge in [0, 0.05) is 5.92 Å². The summed E-state index contributed by atoms with van der Waals surface area (Å²) in [7, 11) is 0. The molecule has 1 N–H and O–H groups in total. The predicted octanol–water partition coefficient (Wildman–Crippen LogP) is 5.11. The van der Waals surface area contributed by atoms with Gasteiger partial charge in [-0.25, -0.2) is 18.2 Å². The third-order valence-corrected chi connectivity index (χ3v) is 5.43. The van der Waals surface area contributed by atoms with Crippen LogP contribution >= 0.6 is 11.3 Å². The fourth-order valence-electron chi connectivity index (χ4n) is 3.78. The molecule has 2 aromatic rings. The lowest BCUT2D eigenvalue weighted by molar-refractivity contribution is -0.122. The topological polar surface area (TPSA) is 42.0 Å². The molecule has 3 nitrogen and oxygen atoms in total. The number of hydrogen-bond donors (Lipinski definition) is 1. The first-order chi connectivity index (χ1) is 11.2. The lowest BCUT2D eigenvalue weighted by Gasteiger charge is -2.38. The maximum absolute atomic E-state index is 13.7. The van der Waals surface area contributed by atoms with Crippen molar-refractivity contribution in [3.8, 4) is 0 Å². The number of carbonyl (C=O) groups is 1. The fraction of sp³-hybridized carbons (Fsp3) is 0.529. The quantitative estimate of drug-likeness (QED) is 0.760. The Morgan fingerprint density at radius 1 is 1.29 bits per heavy atom. The average Bonchev–Trinajstić information content (AvgIpc) is 2.85. The second kappa shape index (κ2) is 6.02. The van der Waals surface area contributed by atoms with Gasteiger partial charge in [0.2, 0.25) is 5.91 Å². The SMILES string of the molecule is CC1CC(C(=O)Nc2nc3c(F)c(F)c(F)cc3s2)CC(C)(C)C1. The molecule has 1 saturated carbocycles. The van der Waals surface area contributed by atoms with E-state index in [0.717, 1.165) is 36.7 Å². The van der Waals surface area contributed by atoms with Crippen LogP contribution in [0.3, 0.4) is 0 Å². The molecule has 0 bridgehead atoms. The van der Waals surface area contributed by atoms with Crippen molar-refractivity contribution in [2.45, 2.75) is 40.0 Å². The van der Waals surface area contributed by atoms with Crippen molar-refractivity contribution in [3.05, 3.63) is 23.5 Å². The molecule has 1 aromatic heterocycles. The number of benzene rings is 1. The van der Waals surface area contributed by atoms with Gasteiger partial charge in [-0.1, -0.05) is 32.1 Å². The third-order valence-electron chi connectivity index (χ3n) is 4.51. The molecule has 0 spiro atoms. The number of fused-ring (bicyclic) bond motifs is 1. The zero-order valence-corrected chi connectivity index (χ0v) is 14.6. The summed E-state index contributed by atoms with van der Waals surface area (Å²) in [6.07, 6.45) is 2.63. The summed E-state index contributed by atoms with van der Waals surface area (Å²) in [5.41, 5.74) is -0.169. The van der Waals surface area contributed by atoms with Gasteiger partial charge in [0.1, 0.15) is 5.52 Å².